The highest BCUT2D eigenvalue weighted by molar-refractivity contribution is 5.95. The molecule has 0 unspecified atom stereocenters. The first kappa shape index (κ1) is 18.5. The number of anilines is 1. The van der Waals surface area contributed by atoms with Gasteiger partial charge in [0.15, 0.2) is 6.54 Å². The molecule has 2 amide bonds. The van der Waals surface area contributed by atoms with E-state index in [1.807, 2.05) is 24.3 Å². The molecule has 27 heavy (non-hydrogen) atoms. The maximum atomic E-state index is 12.3. The first-order valence-electron chi connectivity index (χ1n) is 10.5. The van der Waals surface area contributed by atoms with E-state index in [4.69, 9.17) is 0 Å². The lowest BCUT2D eigenvalue weighted by Crippen LogP contribution is -3.00. The van der Waals surface area contributed by atoms with Crippen LogP contribution < -0.4 is 16.0 Å². The Bertz CT molecular complexity index is 680. The van der Waals surface area contributed by atoms with Crippen LogP contribution in [0.5, 0.6) is 0 Å². The van der Waals surface area contributed by atoms with Gasteiger partial charge in [0.1, 0.15) is 0 Å². The number of amides is 2. The zero-order valence-corrected chi connectivity index (χ0v) is 16.3. The number of carbonyl (C=O) groups excluding carboxylic acids is 2. The van der Waals surface area contributed by atoms with Crippen molar-refractivity contribution in [3.8, 4) is 0 Å². The van der Waals surface area contributed by atoms with Crippen molar-refractivity contribution in [2.45, 2.75) is 57.4 Å². The Kier molecular flexibility index (Phi) is 5.22. The predicted molar refractivity (Wildman–Crippen MR) is 105 cm³/mol. The fraction of sp³-hybridized carbons (Fsp3) is 0.636. The van der Waals surface area contributed by atoms with Crippen LogP contribution in [0.15, 0.2) is 24.3 Å². The minimum absolute atomic E-state index is 0.0333. The van der Waals surface area contributed by atoms with Crippen LogP contribution in [-0.2, 0) is 16.0 Å². The highest BCUT2D eigenvalue weighted by Gasteiger charge is 2.53. The molecule has 4 aliphatic carbocycles. The summed E-state index contributed by atoms with van der Waals surface area (Å²) >= 11 is 0. The number of nitrogens with two attached hydrogens (primary N) is 1. The standard InChI is InChI=1S/C22H31N3O2/c1-2-18-5-3-4-6-19(18)25-21(27)13-23-20(26)14-24-22-10-15-7-16(11-22)9-17(8-15)12-22/h3-6,15-17,24H,2,7-14H2,1H3,(H,23,26)(H,25,27)/p+1. The monoisotopic (exact) mass is 370 g/mol. The van der Waals surface area contributed by atoms with E-state index in [2.05, 4.69) is 22.9 Å². The summed E-state index contributed by atoms with van der Waals surface area (Å²) in [6.45, 7) is 2.53. The van der Waals surface area contributed by atoms with Gasteiger partial charge >= 0.3 is 0 Å². The summed E-state index contributed by atoms with van der Waals surface area (Å²) in [5.74, 6) is 2.46. The number of benzene rings is 1. The van der Waals surface area contributed by atoms with Crippen molar-refractivity contribution in [2.24, 2.45) is 17.8 Å². The average molecular weight is 371 g/mol. The van der Waals surface area contributed by atoms with E-state index in [0.29, 0.717) is 12.1 Å². The van der Waals surface area contributed by atoms with Gasteiger partial charge in [0.2, 0.25) is 5.91 Å². The Morgan fingerprint density at radius 3 is 2.30 bits per heavy atom. The van der Waals surface area contributed by atoms with Crippen LogP contribution in [0.1, 0.15) is 51.0 Å². The normalized spacial score (nSPS) is 30.9. The lowest BCUT2D eigenvalue weighted by molar-refractivity contribution is -0.730. The Balaban J connectivity index is 1.23. The van der Waals surface area contributed by atoms with E-state index < -0.39 is 0 Å². The van der Waals surface area contributed by atoms with Gasteiger partial charge in [-0.05, 0) is 55.1 Å². The first-order valence-corrected chi connectivity index (χ1v) is 10.5. The highest BCUT2D eigenvalue weighted by atomic mass is 16.2. The molecule has 1 aromatic carbocycles. The van der Waals surface area contributed by atoms with E-state index in [9.17, 15) is 9.59 Å². The summed E-state index contributed by atoms with van der Waals surface area (Å²) in [5, 5.41) is 7.98. The molecule has 4 N–H and O–H groups in total. The van der Waals surface area contributed by atoms with Gasteiger partial charge in [-0.25, -0.2) is 0 Å². The van der Waals surface area contributed by atoms with Crippen molar-refractivity contribution in [2.75, 3.05) is 18.4 Å². The van der Waals surface area contributed by atoms with Crippen LogP contribution in [0.4, 0.5) is 5.69 Å². The minimum Gasteiger partial charge on any atom is -0.342 e. The second-order valence-corrected chi connectivity index (χ2v) is 9.02. The Morgan fingerprint density at radius 2 is 1.67 bits per heavy atom. The molecule has 146 valence electrons. The van der Waals surface area contributed by atoms with Crippen LogP contribution in [0.25, 0.3) is 0 Å². The fourth-order valence-corrected chi connectivity index (χ4v) is 6.13. The van der Waals surface area contributed by atoms with Crippen LogP contribution in [0, 0.1) is 17.8 Å². The maximum absolute atomic E-state index is 12.3. The Morgan fingerprint density at radius 1 is 1.04 bits per heavy atom. The summed E-state index contributed by atoms with van der Waals surface area (Å²) in [6, 6.07) is 7.79. The molecule has 4 aliphatic rings. The third-order valence-corrected chi connectivity index (χ3v) is 6.92. The van der Waals surface area contributed by atoms with Gasteiger partial charge in [-0.3, -0.25) is 9.59 Å². The molecule has 4 fully saturated rings. The Labute approximate surface area is 161 Å². The third kappa shape index (κ3) is 4.18. The van der Waals surface area contributed by atoms with Gasteiger partial charge in [0, 0.05) is 24.9 Å². The molecule has 0 saturated heterocycles. The SMILES string of the molecule is CCc1ccccc1NC(=O)CNC(=O)C[NH2+]C12CC3CC(CC(C3)C1)C2. The van der Waals surface area contributed by atoms with Crippen LogP contribution >= 0.6 is 0 Å². The molecule has 0 aliphatic heterocycles. The molecular formula is C22H32N3O2+. The molecule has 0 heterocycles. The van der Waals surface area contributed by atoms with Gasteiger partial charge in [-0.2, -0.15) is 0 Å². The number of hydrogen-bond donors (Lipinski definition) is 3. The number of rotatable bonds is 7. The van der Waals surface area contributed by atoms with Crippen molar-refractivity contribution in [1.82, 2.24) is 5.32 Å². The van der Waals surface area contributed by atoms with Crippen molar-refractivity contribution in [3.63, 3.8) is 0 Å². The largest absolute Gasteiger partial charge is 0.342 e. The second-order valence-electron chi connectivity index (χ2n) is 9.02. The number of nitrogens with one attached hydrogen (secondary N) is 2. The fourth-order valence-electron chi connectivity index (χ4n) is 6.13. The predicted octanol–water partition coefficient (Wildman–Crippen LogP) is 1.84. The molecule has 5 heteroatoms. The van der Waals surface area contributed by atoms with Gasteiger partial charge in [0.25, 0.3) is 5.91 Å². The first-order chi connectivity index (χ1) is 13.0. The number of para-hydroxylation sites is 1. The molecular weight excluding hydrogens is 338 g/mol. The quantitative estimate of drug-likeness (QED) is 0.685. The van der Waals surface area contributed by atoms with Crippen molar-refractivity contribution < 1.29 is 14.9 Å². The van der Waals surface area contributed by atoms with Gasteiger partial charge < -0.3 is 16.0 Å². The molecule has 5 nitrogen and oxygen atoms in total. The number of hydrogen-bond acceptors (Lipinski definition) is 2. The zero-order valence-electron chi connectivity index (χ0n) is 16.3. The lowest BCUT2D eigenvalue weighted by atomic mass is 9.53. The molecule has 5 rings (SSSR count). The van der Waals surface area contributed by atoms with Crippen LogP contribution in [0.3, 0.4) is 0 Å². The van der Waals surface area contributed by atoms with E-state index in [-0.39, 0.29) is 18.4 Å². The molecule has 1 aromatic rings. The van der Waals surface area contributed by atoms with Crippen molar-refractivity contribution in [3.05, 3.63) is 29.8 Å². The molecule has 4 bridgehead atoms. The number of aryl methyl sites for hydroxylation is 1. The number of quaternary nitrogens is 1. The summed E-state index contributed by atoms with van der Waals surface area (Å²) in [7, 11) is 0. The topological polar surface area (TPSA) is 74.8 Å². The average Bonchev–Trinajstić information content (AvgIpc) is 2.64. The van der Waals surface area contributed by atoms with E-state index in [1.165, 1.54) is 38.5 Å². The van der Waals surface area contributed by atoms with Crippen LogP contribution in [-0.4, -0.2) is 30.4 Å². The second kappa shape index (κ2) is 7.63. The van der Waals surface area contributed by atoms with Gasteiger partial charge in [-0.1, -0.05) is 25.1 Å². The van der Waals surface area contributed by atoms with Crippen LogP contribution in [0.2, 0.25) is 0 Å². The van der Waals surface area contributed by atoms with E-state index in [1.54, 1.807) is 0 Å². The van der Waals surface area contributed by atoms with Crippen molar-refractivity contribution >= 4 is 17.5 Å². The third-order valence-electron chi connectivity index (χ3n) is 6.92. The molecule has 0 aromatic heterocycles. The summed E-state index contributed by atoms with van der Waals surface area (Å²) in [5.41, 5.74) is 2.24. The summed E-state index contributed by atoms with van der Waals surface area (Å²) in [4.78, 5) is 24.5. The molecule has 4 saturated carbocycles. The van der Waals surface area contributed by atoms with Gasteiger partial charge in [-0.15, -0.1) is 0 Å². The molecule has 0 atom stereocenters. The number of carbonyl (C=O) groups is 2. The smallest absolute Gasteiger partial charge is 0.275 e. The summed E-state index contributed by atoms with van der Waals surface area (Å²) < 4.78 is 0. The zero-order chi connectivity index (χ0) is 18.9. The molecule has 0 spiro atoms. The van der Waals surface area contributed by atoms with Crippen molar-refractivity contribution in [1.29, 1.82) is 0 Å². The highest BCUT2D eigenvalue weighted by Crippen LogP contribution is 2.54. The lowest BCUT2D eigenvalue weighted by Gasteiger charge is -2.54. The van der Waals surface area contributed by atoms with E-state index >= 15 is 0 Å². The summed E-state index contributed by atoms with van der Waals surface area (Å²) in [6.07, 6.45) is 8.95. The minimum atomic E-state index is -0.168. The van der Waals surface area contributed by atoms with E-state index in [0.717, 1.165) is 35.4 Å². The van der Waals surface area contributed by atoms with Gasteiger partial charge in [0.05, 0.1) is 12.1 Å². The Hall–Kier alpha value is -1.88. The molecule has 0 radical (unpaired) electrons. The maximum Gasteiger partial charge on any atom is 0.275 e.